The van der Waals surface area contributed by atoms with Gasteiger partial charge in [0, 0.05) is 19.1 Å². The number of epoxide rings is 1. The molecule has 5 atom stereocenters. The molecule has 3 aromatic rings. The summed E-state index contributed by atoms with van der Waals surface area (Å²) in [5.74, 6) is 0. The van der Waals surface area contributed by atoms with Crippen LogP contribution in [0.15, 0.2) is 72.8 Å². The third-order valence-corrected chi connectivity index (χ3v) is 6.27. The molecule has 3 aromatic carbocycles. The molecule has 0 radical (unpaired) electrons. The maximum Gasteiger partial charge on any atom is 0.114 e. The van der Waals surface area contributed by atoms with Crippen LogP contribution in [-0.4, -0.2) is 47.5 Å². The fourth-order valence-electron chi connectivity index (χ4n) is 4.56. The molecule has 4 nitrogen and oxygen atoms in total. The van der Waals surface area contributed by atoms with Crippen molar-refractivity contribution < 1.29 is 14.6 Å². The van der Waals surface area contributed by atoms with E-state index in [4.69, 9.17) is 9.47 Å². The second kappa shape index (κ2) is 7.88. The van der Waals surface area contributed by atoms with Crippen molar-refractivity contribution in [3.63, 3.8) is 0 Å². The van der Waals surface area contributed by atoms with Crippen molar-refractivity contribution in [2.24, 2.45) is 0 Å². The molecule has 150 valence electrons. The van der Waals surface area contributed by atoms with Crippen LogP contribution in [0.4, 0.5) is 0 Å². The molecule has 2 saturated heterocycles. The Morgan fingerprint density at radius 3 is 2.62 bits per heavy atom. The van der Waals surface area contributed by atoms with Crippen molar-refractivity contribution in [2.75, 3.05) is 13.1 Å². The van der Waals surface area contributed by atoms with Crippen molar-refractivity contribution in [2.45, 2.75) is 44.0 Å². The van der Waals surface area contributed by atoms with E-state index in [1.54, 1.807) is 0 Å². The standard InChI is InChI=1S/C25H27NO3/c1-17(20-13-7-11-19-10-5-6-12-21(19)20)26-14-22(27)24(25-23(15-26)29-25)28-16-18-8-3-2-4-9-18/h2-13,17,22-25,27H,14-16H2,1H3/t17-,22+,23+,24-,25+/m1/s1. The number of hydrogen-bond acceptors (Lipinski definition) is 4. The number of aliphatic hydroxyl groups is 1. The molecular formula is C25H27NO3. The number of hydrogen-bond donors (Lipinski definition) is 1. The number of β-amino-alcohol motifs (C(OH)–C–C–N with tert-alkyl or cyclic N) is 1. The summed E-state index contributed by atoms with van der Waals surface area (Å²) in [7, 11) is 0. The lowest BCUT2D eigenvalue weighted by Gasteiger charge is -2.31. The highest BCUT2D eigenvalue weighted by atomic mass is 16.6. The summed E-state index contributed by atoms with van der Waals surface area (Å²) in [5, 5.41) is 13.5. The summed E-state index contributed by atoms with van der Waals surface area (Å²) < 4.78 is 12.0. The molecular weight excluding hydrogens is 362 g/mol. The van der Waals surface area contributed by atoms with Crippen molar-refractivity contribution in [1.82, 2.24) is 4.90 Å². The number of nitrogens with zero attached hydrogens (tertiary/aromatic N) is 1. The summed E-state index contributed by atoms with van der Waals surface area (Å²) in [6, 6.07) is 25.2. The van der Waals surface area contributed by atoms with Crippen LogP contribution in [0, 0.1) is 0 Å². The molecule has 0 bridgehead atoms. The van der Waals surface area contributed by atoms with Gasteiger partial charge in [0.15, 0.2) is 0 Å². The highest BCUT2D eigenvalue weighted by Crippen LogP contribution is 2.37. The summed E-state index contributed by atoms with van der Waals surface area (Å²) in [6.07, 6.45) is -0.748. The van der Waals surface area contributed by atoms with Crippen molar-refractivity contribution in [3.05, 3.63) is 83.9 Å². The molecule has 2 aliphatic heterocycles. The minimum atomic E-state index is -0.575. The molecule has 0 amide bonds. The third-order valence-electron chi connectivity index (χ3n) is 6.27. The van der Waals surface area contributed by atoms with Crippen LogP contribution >= 0.6 is 0 Å². The number of aliphatic hydroxyl groups excluding tert-OH is 1. The van der Waals surface area contributed by atoms with Gasteiger partial charge in [0.2, 0.25) is 0 Å². The lowest BCUT2D eigenvalue weighted by molar-refractivity contribution is -0.0699. The van der Waals surface area contributed by atoms with E-state index >= 15 is 0 Å². The summed E-state index contributed by atoms with van der Waals surface area (Å²) in [6.45, 7) is 4.11. The quantitative estimate of drug-likeness (QED) is 0.672. The van der Waals surface area contributed by atoms with E-state index in [1.165, 1.54) is 16.3 Å². The molecule has 2 heterocycles. The Hall–Kier alpha value is -2.24. The zero-order valence-corrected chi connectivity index (χ0v) is 16.6. The van der Waals surface area contributed by atoms with E-state index in [9.17, 15) is 5.11 Å². The molecule has 0 spiro atoms. The van der Waals surface area contributed by atoms with Crippen LogP contribution in [0.5, 0.6) is 0 Å². The summed E-state index contributed by atoms with van der Waals surface area (Å²) >= 11 is 0. The van der Waals surface area contributed by atoms with Gasteiger partial charge in [-0.15, -0.1) is 0 Å². The van der Waals surface area contributed by atoms with Crippen LogP contribution in [0.2, 0.25) is 0 Å². The maximum atomic E-state index is 11.0. The number of fused-ring (bicyclic) bond motifs is 2. The normalized spacial score (nSPS) is 27.9. The Labute approximate surface area is 171 Å². The van der Waals surface area contributed by atoms with E-state index in [2.05, 4.69) is 54.3 Å². The van der Waals surface area contributed by atoms with Crippen LogP contribution in [-0.2, 0) is 16.1 Å². The molecule has 0 unspecified atom stereocenters. The number of likely N-dealkylation sites (tertiary alicyclic amines) is 1. The van der Waals surface area contributed by atoms with Gasteiger partial charge in [0.1, 0.15) is 12.2 Å². The van der Waals surface area contributed by atoms with Crippen LogP contribution in [0.3, 0.4) is 0 Å². The van der Waals surface area contributed by atoms with Gasteiger partial charge in [-0.1, -0.05) is 72.8 Å². The Kier molecular flexibility index (Phi) is 5.10. The first-order valence-electron chi connectivity index (χ1n) is 10.4. The molecule has 29 heavy (non-hydrogen) atoms. The maximum absolute atomic E-state index is 11.0. The predicted octanol–water partition coefficient (Wildman–Crippen LogP) is 3.93. The lowest BCUT2D eigenvalue weighted by atomic mass is 9.98. The van der Waals surface area contributed by atoms with Gasteiger partial charge in [0.05, 0.1) is 18.8 Å². The molecule has 4 heteroatoms. The minimum Gasteiger partial charge on any atom is -0.389 e. The molecule has 0 aliphatic carbocycles. The fourth-order valence-corrected chi connectivity index (χ4v) is 4.56. The highest BCUT2D eigenvalue weighted by Gasteiger charge is 2.52. The molecule has 1 N–H and O–H groups in total. The van der Waals surface area contributed by atoms with Gasteiger partial charge >= 0.3 is 0 Å². The van der Waals surface area contributed by atoms with E-state index < -0.39 is 6.10 Å². The molecule has 0 aromatic heterocycles. The van der Waals surface area contributed by atoms with Gasteiger partial charge in [-0.25, -0.2) is 0 Å². The molecule has 2 aliphatic rings. The fraction of sp³-hybridized carbons (Fsp3) is 0.360. The molecule has 0 saturated carbocycles. The van der Waals surface area contributed by atoms with Crippen molar-refractivity contribution >= 4 is 10.8 Å². The second-order valence-corrected chi connectivity index (χ2v) is 8.17. The first-order valence-corrected chi connectivity index (χ1v) is 10.4. The summed E-state index contributed by atoms with van der Waals surface area (Å²) in [5.41, 5.74) is 2.40. The SMILES string of the molecule is C[C@H](c1cccc2ccccc12)N1C[C@@H]2O[C@@H]2[C@H](OCc2ccccc2)[C@@H](O)C1. The number of ether oxygens (including phenoxy) is 2. The zero-order valence-electron chi connectivity index (χ0n) is 16.6. The van der Waals surface area contributed by atoms with Crippen LogP contribution < -0.4 is 0 Å². The summed E-state index contributed by atoms with van der Waals surface area (Å²) in [4.78, 5) is 2.34. The lowest BCUT2D eigenvalue weighted by Crippen LogP contribution is -2.41. The molecule has 2 fully saturated rings. The van der Waals surface area contributed by atoms with Gasteiger partial charge in [-0.2, -0.15) is 0 Å². The topological polar surface area (TPSA) is 45.2 Å². The number of rotatable bonds is 5. The molecule has 5 rings (SSSR count). The minimum absolute atomic E-state index is 0.0153. The average Bonchev–Trinajstić information content (AvgIpc) is 3.52. The first kappa shape index (κ1) is 18.8. The Balaban J connectivity index is 1.33. The van der Waals surface area contributed by atoms with E-state index in [0.717, 1.165) is 12.1 Å². The van der Waals surface area contributed by atoms with Crippen LogP contribution in [0.1, 0.15) is 24.1 Å². The van der Waals surface area contributed by atoms with Crippen molar-refractivity contribution in [1.29, 1.82) is 0 Å². The van der Waals surface area contributed by atoms with Gasteiger partial charge in [0.25, 0.3) is 0 Å². The zero-order chi connectivity index (χ0) is 19.8. The third kappa shape index (κ3) is 3.81. The second-order valence-electron chi connectivity index (χ2n) is 8.17. The first-order chi connectivity index (χ1) is 14.2. The van der Waals surface area contributed by atoms with E-state index in [1.807, 2.05) is 30.3 Å². The van der Waals surface area contributed by atoms with E-state index in [-0.39, 0.29) is 24.4 Å². The Bertz CT molecular complexity index is 971. The Morgan fingerprint density at radius 2 is 1.76 bits per heavy atom. The number of benzene rings is 3. The Morgan fingerprint density at radius 1 is 1.00 bits per heavy atom. The van der Waals surface area contributed by atoms with Crippen LogP contribution in [0.25, 0.3) is 10.8 Å². The van der Waals surface area contributed by atoms with Gasteiger partial charge < -0.3 is 14.6 Å². The van der Waals surface area contributed by atoms with E-state index in [0.29, 0.717) is 13.2 Å². The highest BCUT2D eigenvalue weighted by molar-refractivity contribution is 5.86. The smallest absolute Gasteiger partial charge is 0.114 e. The largest absolute Gasteiger partial charge is 0.389 e. The van der Waals surface area contributed by atoms with Gasteiger partial charge in [-0.05, 0) is 28.8 Å². The monoisotopic (exact) mass is 389 g/mol. The predicted molar refractivity (Wildman–Crippen MR) is 114 cm³/mol. The van der Waals surface area contributed by atoms with Gasteiger partial charge in [-0.3, -0.25) is 4.90 Å². The average molecular weight is 389 g/mol. The van der Waals surface area contributed by atoms with Crippen molar-refractivity contribution in [3.8, 4) is 0 Å².